The average molecular weight is 304 g/mol. The van der Waals surface area contributed by atoms with Gasteiger partial charge in [-0.2, -0.15) is 0 Å². The van der Waals surface area contributed by atoms with E-state index in [0.717, 1.165) is 11.3 Å². The molecule has 1 heterocycles. The molecule has 0 unspecified atom stereocenters. The summed E-state index contributed by atoms with van der Waals surface area (Å²) < 4.78 is 5.82. The van der Waals surface area contributed by atoms with E-state index >= 15 is 0 Å². The number of aliphatic hydroxyl groups is 1. The molecule has 0 radical (unpaired) electrons. The van der Waals surface area contributed by atoms with Gasteiger partial charge in [0.2, 0.25) is 5.91 Å². The number of benzene rings is 2. The standard InChI is InChI=1S/C16H14ClNO3/c17-12-2-5-15(11(7-12)9-19)21-13-3-4-14-10(8-13)1-6-16(20)18-14/h2-5,7-8,19H,1,6,9H2,(H,18,20). The van der Waals surface area contributed by atoms with Crippen LogP contribution < -0.4 is 10.1 Å². The zero-order valence-corrected chi connectivity index (χ0v) is 12.0. The Balaban J connectivity index is 1.87. The number of halogens is 1. The van der Waals surface area contributed by atoms with Gasteiger partial charge in [-0.15, -0.1) is 0 Å². The lowest BCUT2D eigenvalue weighted by atomic mass is 10.0. The van der Waals surface area contributed by atoms with E-state index in [9.17, 15) is 9.90 Å². The number of amides is 1. The number of aryl methyl sites for hydroxylation is 1. The van der Waals surface area contributed by atoms with Gasteiger partial charge in [0.05, 0.1) is 6.61 Å². The highest BCUT2D eigenvalue weighted by atomic mass is 35.5. The third-order valence-corrected chi connectivity index (χ3v) is 3.63. The summed E-state index contributed by atoms with van der Waals surface area (Å²) in [6.07, 6.45) is 1.19. The third-order valence-electron chi connectivity index (χ3n) is 3.39. The van der Waals surface area contributed by atoms with Crippen LogP contribution in [0.15, 0.2) is 36.4 Å². The molecule has 0 fully saturated rings. The first-order valence-electron chi connectivity index (χ1n) is 6.65. The minimum atomic E-state index is -0.142. The fourth-order valence-corrected chi connectivity index (χ4v) is 2.52. The minimum Gasteiger partial charge on any atom is -0.457 e. The molecular weight excluding hydrogens is 290 g/mol. The highest BCUT2D eigenvalue weighted by Gasteiger charge is 2.15. The van der Waals surface area contributed by atoms with Gasteiger partial charge in [0.25, 0.3) is 0 Å². The molecule has 3 rings (SSSR count). The first kappa shape index (κ1) is 13.9. The Morgan fingerprint density at radius 2 is 2.05 bits per heavy atom. The normalized spacial score (nSPS) is 13.5. The van der Waals surface area contributed by atoms with Crippen molar-refractivity contribution in [2.24, 2.45) is 0 Å². The zero-order chi connectivity index (χ0) is 14.8. The smallest absolute Gasteiger partial charge is 0.224 e. The predicted octanol–water partition coefficient (Wildman–Crippen LogP) is 3.51. The van der Waals surface area contributed by atoms with Crippen LogP contribution in [0.4, 0.5) is 5.69 Å². The van der Waals surface area contributed by atoms with Crippen molar-refractivity contribution in [3.63, 3.8) is 0 Å². The molecule has 0 atom stereocenters. The molecule has 1 aliphatic heterocycles. The topological polar surface area (TPSA) is 58.6 Å². The van der Waals surface area contributed by atoms with E-state index in [2.05, 4.69) is 5.32 Å². The third kappa shape index (κ3) is 3.01. The van der Waals surface area contributed by atoms with Crippen LogP contribution in [0.1, 0.15) is 17.5 Å². The number of nitrogens with one attached hydrogen (secondary N) is 1. The molecule has 0 aliphatic carbocycles. The molecule has 2 aromatic rings. The lowest BCUT2D eigenvalue weighted by molar-refractivity contribution is -0.116. The lowest BCUT2D eigenvalue weighted by Crippen LogP contribution is -2.18. The van der Waals surface area contributed by atoms with Crippen molar-refractivity contribution in [2.75, 3.05) is 5.32 Å². The van der Waals surface area contributed by atoms with Gasteiger partial charge in [0.1, 0.15) is 11.5 Å². The second-order valence-electron chi connectivity index (χ2n) is 4.88. The van der Waals surface area contributed by atoms with Gasteiger partial charge in [-0.1, -0.05) is 11.6 Å². The molecule has 0 saturated heterocycles. The number of hydrogen-bond donors (Lipinski definition) is 2. The van der Waals surface area contributed by atoms with E-state index in [1.807, 2.05) is 12.1 Å². The van der Waals surface area contributed by atoms with Crippen LogP contribution in [-0.2, 0) is 17.8 Å². The Morgan fingerprint density at radius 1 is 1.19 bits per heavy atom. The van der Waals surface area contributed by atoms with Crippen molar-refractivity contribution in [3.8, 4) is 11.5 Å². The van der Waals surface area contributed by atoms with Gasteiger partial charge in [0.15, 0.2) is 0 Å². The molecule has 0 aromatic heterocycles. The first-order valence-corrected chi connectivity index (χ1v) is 7.03. The first-order chi connectivity index (χ1) is 10.2. The summed E-state index contributed by atoms with van der Waals surface area (Å²) in [5, 5.41) is 12.7. The number of carbonyl (C=O) groups is 1. The Hall–Kier alpha value is -2.04. The minimum absolute atomic E-state index is 0.0384. The number of rotatable bonds is 3. The summed E-state index contributed by atoms with van der Waals surface area (Å²) in [4.78, 5) is 11.3. The molecule has 0 bridgehead atoms. The summed E-state index contributed by atoms with van der Waals surface area (Å²) >= 11 is 5.90. The SMILES string of the molecule is O=C1CCc2cc(Oc3ccc(Cl)cc3CO)ccc2N1. The van der Waals surface area contributed by atoms with Crippen LogP contribution in [0.2, 0.25) is 5.02 Å². The summed E-state index contributed by atoms with van der Waals surface area (Å²) in [5.41, 5.74) is 2.51. The van der Waals surface area contributed by atoms with Gasteiger partial charge in [-0.25, -0.2) is 0 Å². The van der Waals surface area contributed by atoms with Crippen molar-refractivity contribution in [2.45, 2.75) is 19.4 Å². The zero-order valence-electron chi connectivity index (χ0n) is 11.2. The van der Waals surface area contributed by atoms with Crippen LogP contribution in [0, 0.1) is 0 Å². The maximum absolute atomic E-state index is 11.3. The number of aliphatic hydroxyl groups excluding tert-OH is 1. The monoisotopic (exact) mass is 303 g/mol. The van der Waals surface area contributed by atoms with Crippen LogP contribution in [-0.4, -0.2) is 11.0 Å². The van der Waals surface area contributed by atoms with E-state index in [1.165, 1.54) is 0 Å². The molecular formula is C16H14ClNO3. The highest BCUT2D eigenvalue weighted by Crippen LogP contribution is 2.32. The maximum Gasteiger partial charge on any atom is 0.224 e. The highest BCUT2D eigenvalue weighted by molar-refractivity contribution is 6.30. The fourth-order valence-electron chi connectivity index (χ4n) is 2.32. The van der Waals surface area contributed by atoms with Crippen LogP contribution in [0.25, 0.3) is 0 Å². The van der Waals surface area contributed by atoms with E-state index in [-0.39, 0.29) is 12.5 Å². The summed E-state index contributed by atoms with van der Waals surface area (Å²) in [7, 11) is 0. The Kier molecular flexibility index (Phi) is 3.82. The van der Waals surface area contributed by atoms with E-state index in [1.54, 1.807) is 24.3 Å². The largest absolute Gasteiger partial charge is 0.457 e. The van der Waals surface area contributed by atoms with E-state index in [0.29, 0.717) is 34.9 Å². The Morgan fingerprint density at radius 3 is 2.86 bits per heavy atom. The number of fused-ring (bicyclic) bond motifs is 1. The van der Waals surface area contributed by atoms with Crippen molar-refractivity contribution in [1.82, 2.24) is 0 Å². The molecule has 2 aromatic carbocycles. The molecule has 1 amide bonds. The average Bonchev–Trinajstić information content (AvgIpc) is 2.49. The van der Waals surface area contributed by atoms with E-state index < -0.39 is 0 Å². The van der Waals surface area contributed by atoms with Crippen LogP contribution >= 0.6 is 11.6 Å². The summed E-state index contributed by atoms with van der Waals surface area (Å²) in [6, 6.07) is 10.7. The van der Waals surface area contributed by atoms with Gasteiger partial charge in [0, 0.05) is 22.7 Å². The molecule has 5 heteroatoms. The van der Waals surface area contributed by atoms with Crippen molar-refractivity contribution in [3.05, 3.63) is 52.5 Å². The lowest BCUT2D eigenvalue weighted by Gasteiger charge is -2.18. The fraction of sp³-hybridized carbons (Fsp3) is 0.188. The van der Waals surface area contributed by atoms with Crippen molar-refractivity contribution >= 4 is 23.2 Å². The number of ether oxygens (including phenoxy) is 1. The summed E-state index contributed by atoms with van der Waals surface area (Å²) in [6.45, 7) is -0.142. The van der Waals surface area contributed by atoms with Crippen LogP contribution in [0.5, 0.6) is 11.5 Å². The molecule has 21 heavy (non-hydrogen) atoms. The van der Waals surface area contributed by atoms with Gasteiger partial charge in [-0.3, -0.25) is 4.79 Å². The Bertz CT molecular complexity index is 700. The quantitative estimate of drug-likeness (QED) is 0.912. The molecule has 2 N–H and O–H groups in total. The second kappa shape index (κ2) is 5.76. The Labute approximate surface area is 127 Å². The molecule has 4 nitrogen and oxygen atoms in total. The number of carbonyl (C=O) groups excluding carboxylic acids is 1. The molecule has 1 aliphatic rings. The van der Waals surface area contributed by atoms with Gasteiger partial charge < -0.3 is 15.2 Å². The second-order valence-corrected chi connectivity index (χ2v) is 5.32. The van der Waals surface area contributed by atoms with Crippen molar-refractivity contribution in [1.29, 1.82) is 0 Å². The molecule has 0 spiro atoms. The number of hydrogen-bond acceptors (Lipinski definition) is 3. The van der Waals surface area contributed by atoms with Crippen LogP contribution in [0.3, 0.4) is 0 Å². The van der Waals surface area contributed by atoms with E-state index in [4.69, 9.17) is 16.3 Å². The molecule has 0 saturated carbocycles. The van der Waals surface area contributed by atoms with Gasteiger partial charge >= 0.3 is 0 Å². The summed E-state index contributed by atoms with van der Waals surface area (Å²) in [5.74, 6) is 1.28. The van der Waals surface area contributed by atoms with Gasteiger partial charge in [-0.05, 0) is 48.4 Å². The predicted molar refractivity (Wildman–Crippen MR) is 80.8 cm³/mol. The van der Waals surface area contributed by atoms with Crippen molar-refractivity contribution < 1.29 is 14.6 Å². The number of anilines is 1. The maximum atomic E-state index is 11.3. The molecule has 108 valence electrons.